The van der Waals surface area contributed by atoms with Crippen molar-refractivity contribution in [1.82, 2.24) is 0 Å². The van der Waals surface area contributed by atoms with Gasteiger partial charge in [0, 0.05) is 29.2 Å². The summed E-state index contributed by atoms with van der Waals surface area (Å²) in [4.78, 5) is 24.8. The molecule has 1 heterocycles. The van der Waals surface area contributed by atoms with Gasteiger partial charge in [0.15, 0.2) is 0 Å². The van der Waals surface area contributed by atoms with E-state index in [2.05, 4.69) is 12.2 Å². The molecule has 1 N–H and O–H groups in total. The molecule has 0 bridgehead atoms. The molecule has 0 saturated heterocycles. The topological polar surface area (TPSA) is 68.5 Å². The quantitative estimate of drug-likeness (QED) is 0.191. The van der Waals surface area contributed by atoms with Crippen molar-refractivity contribution in [3.8, 4) is 0 Å². The molecular formula is C25H23NO4. The smallest absolute Gasteiger partial charge is 0.340 e. The van der Waals surface area contributed by atoms with E-state index in [-0.39, 0.29) is 6.61 Å². The lowest BCUT2D eigenvalue weighted by atomic mass is 10.0. The molecular weight excluding hydrogens is 378 g/mol. The van der Waals surface area contributed by atoms with Crippen LogP contribution in [-0.4, -0.2) is 12.5 Å². The molecule has 4 rings (SSSR count). The molecule has 0 fully saturated rings. The highest BCUT2D eigenvalue weighted by atomic mass is 16.5. The summed E-state index contributed by atoms with van der Waals surface area (Å²) in [5.41, 5.74) is 1.87. The predicted octanol–water partition coefficient (Wildman–Crippen LogP) is 5.52. The van der Waals surface area contributed by atoms with E-state index in [1.165, 1.54) is 6.07 Å². The van der Waals surface area contributed by atoms with Crippen LogP contribution in [0.5, 0.6) is 0 Å². The largest absolute Gasteiger partial charge is 0.457 e. The van der Waals surface area contributed by atoms with E-state index in [1.807, 2.05) is 48.5 Å². The van der Waals surface area contributed by atoms with E-state index in [0.29, 0.717) is 16.7 Å². The highest BCUT2D eigenvalue weighted by molar-refractivity contribution is 6.07. The minimum absolute atomic E-state index is 0.0156. The van der Waals surface area contributed by atoms with Gasteiger partial charge in [-0.2, -0.15) is 0 Å². The van der Waals surface area contributed by atoms with Crippen molar-refractivity contribution in [1.29, 1.82) is 0 Å². The molecule has 30 heavy (non-hydrogen) atoms. The van der Waals surface area contributed by atoms with E-state index in [1.54, 1.807) is 12.1 Å². The van der Waals surface area contributed by atoms with Gasteiger partial charge >= 0.3 is 11.6 Å². The normalized spacial score (nSPS) is 11.0. The zero-order valence-electron chi connectivity index (χ0n) is 16.8. The first-order chi connectivity index (χ1) is 14.7. The molecule has 0 saturated carbocycles. The maximum atomic E-state index is 12.8. The second kappa shape index (κ2) is 8.82. The molecule has 0 aliphatic rings. The molecule has 5 nitrogen and oxygen atoms in total. The van der Waals surface area contributed by atoms with E-state index in [9.17, 15) is 9.59 Å². The van der Waals surface area contributed by atoms with E-state index in [4.69, 9.17) is 9.15 Å². The number of carbonyl (C=O) groups excluding carboxylic acids is 1. The number of fused-ring (bicyclic) bond motifs is 3. The van der Waals surface area contributed by atoms with Gasteiger partial charge in [0.1, 0.15) is 12.2 Å². The average molecular weight is 401 g/mol. The third-order valence-corrected chi connectivity index (χ3v) is 5.07. The number of carbonyl (C=O) groups is 1. The summed E-state index contributed by atoms with van der Waals surface area (Å²) < 4.78 is 11.0. The lowest BCUT2D eigenvalue weighted by Gasteiger charge is -2.12. The number of hydrogen-bond acceptors (Lipinski definition) is 5. The summed E-state index contributed by atoms with van der Waals surface area (Å²) in [7, 11) is 0. The van der Waals surface area contributed by atoms with Crippen LogP contribution in [-0.2, 0) is 11.3 Å². The van der Waals surface area contributed by atoms with Crippen molar-refractivity contribution in [2.45, 2.75) is 26.4 Å². The Balaban J connectivity index is 1.64. The van der Waals surface area contributed by atoms with Crippen molar-refractivity contribution in [2.75, 3.05) is 11.9 Å². The molecule has 4 aromatic rings. The second-order valence-corrected chi connectivity index (χ2v) is 7.15. The molecule has 0 unspecified atom stereocenters. The summed E-state index contributed by atoms with van der Waals surface area (Å²) >= 11 is 0. The number of hydrogen-bond donors (Lipinski definition) is 1. The minimum Gasteiger partial charge on any atom is -0.457 e. The number of unbranched alkanes of at least 4 members (excludes halogenated alkanes) is 1. The number of benzene rings is 3. The highest BCUT2D eigenvalue weighted by Gasteiger charge is 2.15. The van der Waals surface area contributed by atoms with E-state index < -0.39 is 11.6 Å². The van der Waals surface area contributed by atoms with Gasteiger partial charge < -0.3 is 14.5 Å². The number of rotatable bonds is 7. The van der Waals surface area contributed by atoms with Gasteiger partial charge in [0.05, 0.1) is 5.56 Å². The number of para-hydroxylation sites is 1. The fourth-order valence-corrected chi connectivity index (χ4v) is 3.57. The Hall–Kier alpha value is -3.60. The Morgan fingerprint density at radius 3 is 2.70 bits per heavy atom. The van der Waals surface area contributed by atoms with Crippen molar-refractivity contribution < 1.29 is 13.9 Å². The molecule has 1 aromatic heterocycles. The standard InChI is InChI=1S/C25H23NO4/c1-2-3-14-26-21-11-7-6-10-20(21)25(28)29-16-18-15-23(27)30-22-13-12-17-8-4-5-9-19(17)24(18)22/h4-13,15,26H,2-3,14,16H2,1H3. The number of nitrogens with one attached hydrogen (secondary N) is 1. The van der Waals surface area contributed by atoms with E-state index >= 15 is 0 Å². The van der Waals surface area contributed by atoms with Crippen LogP contribution in [0.1, 0.15) is 35.7 Å². The van der Waals surface area contributed by atoms with Crippen LogP contribution in [0.25, 0.3) is 21.7 Å². The van der Waals surface area contributed by atoms with Crippen LogP contribution in [0, 0.1) is 0 Å². The summed E-state index contributed by atoms with van der Waals surface area (Å²) in [6.07, 6.45) is 2.08. The number of esters is 1. The van der Waals surface area contributed by atoms with Gasteiger partial charge in [0.2, 0.25) is 0 Å². The van der Waals surface area contributed by atoms with Crippen molar-refractivity contribution in [3.05, 3.63) is 88.3 Å². The molecule has 0 atom stereocenters. The second-order valence-electron chi connectivity index (χ2n) is 7.15. The molecule has 0 amide bonds. The Morgan fingerprint density at radius 1 is 1.03 bits per heavy atom. The first kappa shape index (κ1) is 19.7. The monoisotopic (exact) mass is 401 g/mol. The Bertz CT molecular complexity index is 1260. The van der Waals surface area contributed by atoms with Crippen molar-refractivity contribution >= 4 is 33.4 Å². The average Bonchev–Trinajstić information content (AvgIpc) is 2.77. The van der Waals surface area contributed by atoms with Gasteiger partial charge in [-0.1, -0.05) is 55.8 Å². The lowest BCUT2D eigenvalue weighted by molar-refractivity contribution is 0.0475. The summed E-state index contributed by atoms with van der Waals surface area (Å²) in [6, 6.07) is 20.2. The predicted molar refractivity (Wildman–Crippen MR) is 119 cm³/mol. The van der Waals surface area contributed by atoms with Crippen LogP contribution in [0.15, 0.2) is 75.9 Å². The molecule has 0 aliphatic heterocycles. The fourth-order valence-electron chi connectivity index (χ4n) is 3.57. The minimum atomic E-state index is -0.467. The van der Waals surface area contributed by atoms with Crippen LogP contribution in [0.3, 0.4) is 0 Å². The van der Waals surface area contributed by atoms with Gasteiger partial charge in [-0.15, -0.1) is 0 Å². The fraction of sp³-hybridized carbons (Fsp3) is 0.200. The molecule has 0 aliphatic carbocycles. The third-order valence-electron chi connectivity index (χ3n) is 5.07. The van der Waals surface area contributed by atoms with Crippen LogP contribution in [0.4, 0.5) is 5.69 Å². The van der Waals surface area contributed by atoms with Gasteiger partial charge in [0.25, 0.3) is 0 Å². The van der Waals surface area contributed by atoms with E-state index in [0.717, 1.165) is 41.2 Å². The van der Waals surface area contributed by atoms with Gasteiger partial charge in [-0.3, -0.25) is 0 Å². The summed E-state index contributed by atoms with van der Waals surface area (Å²) in [5.74, 6) is -0.434. The first-order valence-corrected chi connectivity index (χ1v) is 10.1. The highest BCUT2D eigenvalue weighted by Crippen LogP contribution is 2.28. The molecule has 0 spiro atoms. The molecule has 0 radical (unpaired) electrons. The number of anilines is 1. The molecule has 152 valence electrons. The molecule has 3 aromatic carbocycles. The van der Waals surface area contributed by atoms with Crippen LogP contribution in [0.2, 0.25) is 0 Å². The SMILES string of the molecule is CCCCNc1ccccc1C(=O)OCc1cc(=O)oc2ccc3ccccc3c12. The van der Waals surface area contributed by atoms with Crippen LogP contribution >= 0.6 is 0 Å². The Kier molecular flexibility index (Phi) is 5.80. The maximum absolute atomic E-state index is 12.8. The van der Waals surface area contributed by atoms with Crippen molar-refractivity contribution in [2.24, 2.45) is 0 Å². The maximum Gasteiger partial charge on any atom is 0.340 e. The van der Waals surface area contributed by atoms with Gasteiger partial charge in [-0.05, 0) is 35.4 Å². The lowest BCUT2D eigenvalue weighted by Crippen LogP contribution is -2.11. The molecule has 5 heteroatoms. The zero-order chi connectivity index (χ0) is 20.9. The Labute approximate surface area is 174 Å². The summed E-state index contributed by atoms with van der Waals surface area (Å²) in [6.45, 7) is 2.89. The Morgan fingerprint density at radius 2 is 1.83 bits per heavy atom. The van der Waals surface area contributed by atoms with Crippen molar-refractivity contribution in [3.63, 3.8) is 0 Å². The van der Waals surface area contributed by atoms with Crippen LogP contribution < -0.4 is 10.9 Å². The number of ether oxygens (including phenoxy) is 1. The third kappa shape index (κ3) is 4.06. The zero-order valence-corrected chi connectivity index (χ0v) is 16.8. The summed E-state index contributed by atoms with van der Waals surface area (Å²) in [5, 5.41) is 6.05. The first-order valence-electron chi connectivity index (χ1n) is 10.1. The van der Waals surface area contributed by atoms with Gasteiger partial charge in [-0.25, -0.2) is 9.59 Å².